The van der Waals surface area contributed by atoms with Crippen molar-refractivity contribution in [2.24, 2.45) is 23.1 Å². The first-order valence-corrected chi connectivity index (χ1v) is 19.7. The summed E-state index contributed by atoms with van der Waals surface area (Å²) in [5.74, 6) is 1.43. The first-order chi connectivity index (χ1) is 28.9. The van der Waals surface area contributed by atoms with Crippen LogP contribution in [0.25, 0.3) is 0 Å². The fourth-order valence-corrected chi connectivity index (χ4v) is 6.77. The summed E-state index contributed by atoms with van der Waals surface area (Å²) in [5, 5.41) is 5.58. The number of rotatable bonds is 5. The number of methoxy groups -OCH3 is 3. The predicted molar refractivity (Wildman–Crippen MR) is 218 cm³/mol. The van der Waals surface area contributed by atoms with Crippen LogP contribution in [-0.4, -0.2) is 86.0 Å². The first kappa shape index (κ1) is 50.5. The van der Waals surface area contributed by atoms with E-state index < -0.39 is 11.9 Å². The molecule has 18 nitrogen and oxygen atoms in total. The van der Waals surface area contributed by atoms with Crippen molar-refractivity contribution in [3.05, 3.63) is 57.7 Å². The number of Topliss-reactive ketones (excluding diaryl/α,β-unsaturated/α-hetero) is 4. The molecule has 8 N–H and O–H groups in total. The Morgan fingerprint density at radius 3 is 1.92 bits per heavy atom. The molecule has 61 heavy (non-hydrogen) atoms. The van der Waals surface area contributed by atoms with Crippen molar-refractivity contribution in [2.45, 2.75) is 109 Å². The summed E-state index contributed by atoms with van der Waals surface area (Å²) < 4.78 is 12.9. The number of nitrogens with one attached hydrogen (secondary N) is 2. The van der Waals surface area contributed by atoms with E-state index in [4.69, 9.17) is 17.2 Å². The van der Waals surface area contributed by atoms with Crippen LogP contribution >= 0.6 is 0 Å². The van der Waals surface area contributed by atoms with Gasteiger partial charge in [0.1, 0.15) is 5.78 Å². The van der Waals surface area contributed by atoms with E-state index in [0.717, 1.165) is 42.7 Å². The summed E-state index contributed by atoms with van der Waals surface area (Å²) in [6, 6.07) is 0.170. The summed E-state index contributed by atoms with van der Waals surface area (Å²) in [6.07, 6.45) is 18.1. The number of nitrogens with two attached hydrogens (primary N) is 3. The number of terminal acetylenes is 1. The van der Waals surface area contributed by atoms with Crippen LogP contribution in [0.15, 0.2) is 57.7 Å². The largest absolute Gasteiger partial charge is 0.469 e. The van der Waals surface area contributed by atoms with Crippen molar-refractivity contribution < 1.29 is 62.2 Å². The van der Waals surface area contributed by atoms with Gasteiger partial charge in [-0.25, -0.2) is 9.59 Å². The highest BCUT2D eigenvalue weighted by Crippen LogP contribution is 2.29. The summed E-state index contributed by atoms with van der Waals surface area (Å²) in [4.78, 5) is 108. The third kappa shape index (κ3) is 17.2. The van der Waals surface area contributed by atoms with Crippen LogP contribution in [0.5, 0.6) is 0 Å². The minimum absolute atomic E-state index is 0.0161. The van der Waals surface area contributed by atoms with Gasteiger partial charge < -0.3 is 42.0 Å². The minimum atomic E-state index is -0.630. The molecule has 0 unspecified atom stereocenters. The molecule has 0 aromatic rings. The second-order valence-corrected chi connectivity index (χ2v) is 14.3. The molecule has 2 fully saturated rings. The highest BCUT2D eigenvalue weighted by molar-refractivity contribution is 6.02. The van der Waals surface area contributed by atoms with Crippen LogP contribution in [0.4, 0.5) is 0 Å². The molecule has 5 aliphatic carbocycles. The van der Waals surface area contributed by atoms with E-state index >= 15 is 0 Å². The normalized spacial score (nSPS) is 21.0. The fourth-order valence-electron chi connectivity index (χ4n) is 6.77. The highest BCUT2D eigenvalue weighted by atomic mass is 16.5. The van der Waals surface area contributed by atoms with Gasteiger partial charge in [-0.2, -0.15) is 0 Å². The third-order valence-electron chi connectivity index (χ3n) is 10.1. The van der Waals surface area contributed by atoms with Gasteiger partial charge in [-0.05, 0) is 63.5 Å². The molecule has 0 radical (unpaired) electrons. The van der Waals surface area contributed by atoms with Crippen molar-refractivity contribution in [2.75, 3.05) is 21.3 Å². The molecule has 0 aromatic carbocycles. The number of ether oxygens (including phenoxy) is 3. The Bertz CT molecular complexity index is 1960. The van der Waals surface area contributed by atoms with E-state index in [9.17, 15) is 47.9 Å². The van der Waals surface area contributed by atoms with Gasteiger partial charge in [-0.1, -0.05) is 0 Å². The Labute approximate surface area is 354 Å². The molecule has 7 aliphatic rings. The molecule has 0 bridgehead atoms. The maximum absolute atomic E-state index is 11.2. The molecule has 330 valence electrons. The number of carbonyl (C=O) groups is 10. The zero-order valence-electron chi connectivity index (χ0n) is 34.8. The summed E-state index contributed by atoms with van der Waals surface area (Å²) in [5.41, 5.74) is 21.1. The van der Waals surface area contributed by atoms with Crippen LogP contribution in [0, 0.1) is 18.3 Å². The van der Waals surface area contributed by atoms with Gasteiger partial charge >= 0.3 is 17.9 Å². The van der Waals surface area contributed by atoms with Crippen molar-refractivity contribution in [1.82, 2.24) is 10.6 Å². The number of carbonyl (C=O) groups excluding carboxylic acids is 10. The molecule has 7 rings (SSSR count). The monoisotopic (exact) mass is 849 g/mol. The Morgan fingerprint density at radius 2 is 1.41 bits per heavy atom. The molecule has 1 saturated carbocycles. The number of piperidine rings is 1. The van der Waals surface area contributed by atoms with Crippen molar-refractivity contribution >= 4 is 58.6 Å². The maximum atomic E-state index is 11.2. The zero-order chi connectivity index (χ0) is 45.6. The summed E-state index contributed by atoms with van der Waals surface area (Å²) in [7, 11) is 3.85. The average molecular weight is 850 g/mol. The Morgan fingerprint density at radius 1 is 0.738 bits per heavy atom. The van der Waals surface area contributed by atoms with Crippen LogP contribution in [0.3, 0.4) is 0 Å². The number of hydrogen-bond acceptors (Lipinski definition) is 16. The van der Waals surface area contributed by atoms with E-state index in [-0.39, 0.29) is 59.3 Å². The number of esters is 3. The Hall–Kier alpha value is -6.64. The molecule has 2 aliphatic heterocycles. The van der Waals surface area contributed by atoms with Gasteiger partial charge in [0.25, 0.3) is 0 Å². The number of amides is 2. The van der Waals surface area contributed by atoms with Crippen LogP contribution < -0.4 is 27.8 Å². The smallest absolute Gasteiger partial charge is 0.383 e. The maximum Gasteiger partial charge on any atom is 0.383 e. The number of ketones is 5. The second kappa shape index (κ2) is 25.8. The Kier molecular flexibility index (Phi) is 21.3. The van der Waals surface area contributed by atoms with Gasteiger partial charge in [0.05, 0.1) is 21.3 Å². The molecule has 0 spiro atoms. The third-order valence-corrected chi connectivity index (χ3v) is 10.1. The van der Waals surface area contributed by atoms with E-state index in [0.29, 0.717) is 99.0 Å². The quantitative estimate of drug-likeness (QED) is 0.0862. The lowest BCUT2D eigenvalue weighted by atomic mass is 9.93. The first-order valence-electron chi connectivity index (χ1n) is 19.7. The lowest BCUT2D eigenvalue weighted by molar-refractivity contribution is -0.140. The number of fused-ring (bicyclic) bond motifs is 1. The zero-order valence-corrected chi connectivity index (χ0v) is 34.8. The highest BCUT2D eigenvalue weighted by Gasteiger charge is 2.38. The summed E-state index contributed by atoms with van der Waals surface area (Å²) >= 11 is 0. The summed E-state index contributed by atoms with van der Waals surface area (Å²) in [6.45, 7) is 0. The molecule has 2 amide bonds. The fraction of sp³-hybridized carbons (Fsp3) is 0.488. The van der Waals surface area contributed by atoms with Gasteiger partial charge in [0.2, 0.25) is 11.8 Å². The molecular formula is C43H55N5O13. The molecular weight excluding hydrogens is 794 g/mol. The van der Waals surface area contributed by atoms with E-state index in [1.807, 2.05) is 0 Å². The second-order valence-electron chi connectivity index (χ2n) is 14.3. The van der Waals surface area contributed by atoms with Gasteiger partial charge in [0.15, 0.2) is 23.1 Å². The standard InChI is InChI=1S/C9H13NO3.C9H11NO3.C8H11NO2.C8H9NO2.C5H7NO.C4H4O2/c2*1-13-9(12)5-2-6-7(10)3-4-8(6)11;2*10-7-3-2-6-5(7)1-4-8(11)9-6;6-4-1-2-5(7)3-4;1-3-4(5)6-2/h2-5,10H2,1H3;2,5H,3-4,10H2,1H3;5-6H,1-4H2,(H,9,11);1-4H2,(H,9,11);3H,1-2,6H2;1H,2H3/b;5-2+;;;;/t;;5-,6-;;;/m..1.../s1. The molecule has 1 saturated heterocycles. The van der Waals surface area contributed by atoms with Gasteiger partial charge in [-0.3, -0.25) is 38.4 Å². The SMILES string of the molecule is C#CC(=O)OC.COC(=O)/C=C/C1=C(N)CCC1=O.COC(=O)CCC1=C(N)CCC1=O.NC1=CC(=O)CC1.O=C1CCC2=C(CCC2=O)N1.O=C1CC[C@H]2C(=O)CC[C@H]2N1. The van der Waals surface area contributed by atoms with Crippen molar-refractivity contribution in [1.29, 1.82) is 0 Å². The van der Waals surface area contributed by atoms with E-state index in [1.165, 1.54) is 39.6 Å². The van der Waals surface area contributed by atoms with Crippen LogP contribution in [0.2, 0.25) is 0 Å². The van der Waals surface area contributed by atoms with E-state index in [2.05, 4.69) is 31.3 Å². The predicted octanol–water partition coefficient (Wildman–Crippen LogP) is 1.55. The lowest BCUT2D eigenvalue weighted by Gasteiger charge is -2.24. The molecule has 0 aromatic heterocycles. The molecule has 2 heterocycles. The van der Waals surface area contributed by atoms with Crippen molar-refractivity contribution in [3.8, 4) is 12.3 Å². The molecule has 18 heteroatoms. The number of hydrogen-bond donors (Lipinski definition) is 5. The minimum Gasteiger partial charge on any atom is -0.469 e. The molecule has 2 atom stereocenters. The van der Waals surface area contributed by atoms with E-state index in [1.54, 1.807) is 5.92 Å². The van der Waals surface area contributed by atoms with Gasteiger partial charge in [-0.15, -0.1) is 6.42 Å². The van der Waals surface area contributed by atoms with Crippen LogP contribution in [0.1, 0.15) is 103 Å². The number of allylic oxidation sites excluding steroid dienone is 9. The Balaban J connectivity index is 0.000000257. The lowest BCUT2D eigenvalue weighted by Crippen LogP contribution is -2.43. The van der Waals surface area contributed by atoms with Crippen molar-refractivity contribution in [3.63, 3.8) is 0 Å². The average Bonchev–Trinajstić information content (AvgIpc) is 4.07. The topological polar surface area (TPSA) is 301 Å². The van der Waals surface area contributed by atoms with Crippen LogP contribution in [-0.2, 0) is 62.2 Å². The van der Waals surface area contributed by atoms with Gasteiger partial charge in [0, 0.05) is 115 Å².